The Morgan fingerprint density at radius 3 is 3.00 bits per heavy atom. The van der Waals surface area contributed by atoms with Gasteiger partial charge in [0.15, 0.2) is 0 Å². The fourth-order valence-corrected chi connectivity index (χ4v) is 1.50. The molecule has 66 valence electrons. The van der Waals surface area contributed by atoms with E-state index in [4.69, 9.17) is 9.84 Å². The first-order valence-corrected chi connectivity index (χ1v) is 4.20. The predicted octanol–water partition coefficient (Wildman–Crippen LogP) is 0.0879. The van der Waals surface area contributed by atoms with Gasteiger partial charge in [0.25, 0.3) is 0 Å². The predicted molar refractivity (Wildman–Crippen MR) is 43.5 cm³/mol. The van der Waals surface area contributed by atoms with E-state index >= 15 is 0 Å². The summed E-state index contributed by atoms with van der Waals surface area (Å²) in [4.78, 5) is 2.28. The molecule has 0 aromatic carbocycles. The molecule has 2 atom stereocenters. The summed E-state index contributed by atoms with van der Waals surface area (Å²) in [7, 11) is 0. The first-order chi connectivity index (χ1) is 5.25. The molecule has 0 aromatic heterocycles. The fourth-order valence-electron chi connectivity index (χ4n) is 1.50. The normalized spacial score (nSPS) is 30.3. The zero-order chi connectivity index (χ0) is 8.27. The molecule has 1 N–H and O–H groups in total. The number of rotatable bonds is 2. The zero-order valence-corrected chi connectivity index (χ0v) is 7.29. The summed E-state index contributed by atoms with van der Waals surface area (Å²) < 4.78 is 5.28. The maximum atomic E-state index is 8.92. The van der Waals surface area contributed by atoms with Gasteiger partial charge in [0.2, 0.25) is 0 Å². The van der Waals surface area contributed by atoms with Gasteiger partial charge >= 0.3 is 0 Å². The largest absolute Gasteiger partial charge is 0.395 e. The molecule has 0 aliphatic carbocycles. The van der Waals surface area contributed by atoms with Crippen molar-refractivity contribution < 1.29 is 9.84 Å². The Balaban J connectivity index is 2.40. The topological polar surface area (TPSA) is 32.7 Å². The smallest absolute Gasteiger partial charge is 0.0619 e. The lowest BCUT2D eigenvalue weighted by atomic mass is 10.2. The van der Waals surface area contributed by atoms with Crippen molar-refractivity contribution in [1.29, 1.82) is 0 Å². The van der Waals surface area contributed by atoms with Crippen LogP contribution in [-0.2, 0) is 4.74 Å². The van der Waals surface area contributed by atoms with Gasteiger partial charge in [-0.3, -0.25) is 4.90 Å². The quantitative estimate of drug-likeness (QED) is 0.619. The van der Waals surface area contributed by atoms with Crippen molar-refractivity contribution in [2.75, 3.05) is 26.4 Å². The minimum atomic E-state index is 0.240. The maximum Gasteiger partial charge on any atom is 0.0619 e. The Kier molecular flexibility index (Phi) is 3.30. The van der Waals surface area contributed by atoms with E-state index in [9.17, 15) is 0 Å². The van der Waals surface area contributed by atoms with Crippen LogP contribution in [-0.4, -0.2) is 48.5 Å². The number of aliphatic hydroxyl groups excluding tert-OH is 1. The molecule has 1 heterocycles. The number of aliphatic hydroxyl groups is 1. The highest BCUT2D eigenvalue weighted by Gasteiger charge is 2.22. The first kappa shape index (κ1) is 8.97. The van der Waals surface area contributed by atoms with Crippen LogP contribution in [0.4, 0.5) is 0 Å². The van der Waals surface area contributed by atoms with Crippen molar-refractivity contribution >= 4 is 0 Å². The minimum Gasteiger partial charge on any atom is -0.395 e. The Hall–Kier alpha value is -0.120. The van der Waals surface area contributed by atoms with E-state index < -0.39 is 0 Å². The van der Waals surface area contributed by atoms with Gasteiger partial charge in [0.05, 0.1) is 19.8 Å². The molecule has 3 heteroatoms. The molecule has 1 aliphatic heterocycles. The van der Waals surface area contributed by atoms with Crippen LogP contribution < -0.4 is 0 Å². The standard InChI is InChI=1S/C8H17NO2/c1-7(5-10)9-3-4-11-6-8(9)2/h7-8,10H,3-6H2,1-2H3/t7-,8+/m0/s1. The van der Waals surface area contributed by atoms with Crippen LogP contribution in [0, 0.1) is 0 Å². The summed E-state index contributed by atoms with van der Waals surface area (Å²) >= 11 is 0. The number of ether oxygens (including phenoxy) is 1. The van der Waals surface area contributed by atoms with Crippen LogP contribution in [0.15, 0.2) is 0 Å². The van der Waals surface area contributed by atoms with Crippen LogP contribution >= 0.6 is 0 Å². The molecule has 1 aliphatic rings. The van der Waals surface area contributed by atoms with Crippen LogP contribution in [0.2, 0.25) is 0 Å². The van der Waals surface area contributed by atoms with Crippen molar-refractivity contribution in [2.24, 2.45) is 0 Å². The van der Waals surface area contributed by atoms with Gasteiger partial charge in [0.1, 0.15) is 0 Å². The molecule has 1 fully saturated rings. The molecule has 3 nitrogen and oxygen atoms in total. The summed E-state index contributed by atoms with van der Waals surface area (Å²) in [5, 5.41) is 8.92. The molecule has 0 unspecified atom stereocenters. The van der Waals surface area contributed by atoms with Gasteiger partial charge in [-0.2, -0.15) is 0 Å². The van der Waals surface area contributed by atoms with Crippen molar-refractivity contribution in [2.45, 2.75) is 25.9 Å². The van der Waals surface area contributed by atoms with Crippen molar-refractivity contribution in [3.05, 3.63) is 0 Å². The highest BCUT2D eigenvalue weighted by Crippen LogP contribution is 2.09. The van der Waals surface area contributed by atoms with E-state index in [2.05, 4.69) is 11.8 Å². The molecule has 0 amide bonds. The molecular weight excluding hydrogens is 142 g/mol. The third kappa shape index (κ3) is 2.15. The summed E-state index contributed by atoms with van der Waals surface area (Å²) in [6.45, 7) is 6.96. The molecule has 0 radical (unpaired) electrons. The van der Waals surface area contributed by atoms with Crippen molar-refractivity contribution in [1.82, 2.24) is 4.90 Å². The molecule has 1 saturated heterocycles. The van der Waals surface area contributed by atoms with Gasteiger partial charge in [-0.05, 0) is 13.8 Å². The highest BCUT2D eigenvalue weighted by atomic mass is 16.5. The zero-order valence-electron chi connectivity index (χ0n) is 7.29. The first-order valence-electron chi connectivity index (χ1n) is 4.20. The molecule has 0 bridgehead atoms. The summed E-state index contributed by atoms with van der Waals surface area (Å²) in [5.41, 5.74) is 0. The van der Waals surface area contributed by atoms with E-state index in [-0.39, 0.29) is 12.6 Å². The second-order valence-electron chi connectivity index (χ2n) is 3.19. The van der Waals surface area contributed by atoms with E-state index in [1.807, 2.05) is 6.92 Å². The summed E-state index contributed by atoms with van der Waals surface area (Å²) in [5.74, 6) is 0. The van der Waals surface area contributed by atoms with Gasteiger partial charge in [-0.15, -0.1) is 0 Å². The van der Waals surface area contributed by atoms with Crippen LogP contribution in [0.5, 0.6) is 0 Å². The van der Waals surface area contributed by atoms with E-state index in [0.717, 1.165) is 19.8 Å². The Labute approximate surface area is 68.0 Å². The third-order valence-electron chi connectivity index (χ3n) is 2.25. The maximum absolute atomic E-state index is 8.92. The Morgan fingerprint density at radius 2 is 2.45 bits per heavy atom. The summed E-state index contributed by atoms with van der Waals surface area (Å²) in [6, 6.07) is 0.722. The second-order valence-corrected chi connectivity index (χ2v) is 3.19. The average molecular weight is 159 g/mol. The van der Waals surface area contributed by atoms with Crippen molar-refractivity contribution in [3.63, 3.8) is 0 Å². The van der Waals surface area contributed by atoms with Crippen molar-refractivity contribution in [3.8, 4) is 0 Å². The van der Waals surface area contributed by atoms with Gasteiger partial charge in [0, 0.05) is 18.6 Å². The monoisotopic (exact) mass is 159 g/mol. The van der Waals surface area contributed by atoms with Gasteiger partial charge < -0.3 is 9.84 Å². The lowest BCUT2D eigenvalue weighted by molar-refractivity contribution is -0.0287. The number of hydrogen-bond donors (Lipinski definition) is 1. The van der Waals surface area contributed by atoms with E-state index in [0.29, 0.717) is 6.04 Å². The Morgan fingerprint density at radius 1 is 1.73 bits per heavy atom. The molecule has 0 spiro atoms. The highest BCUT2D eigenvalue weighted by molar-refractivity contribution is 4.75. The molecule has 0 saturated carbocycles. The van der Waals surface area contributed by atoms with E-state index in [1.165, 1.54) is 0 Å². The molecular formula is C8H17NO2. The van der Waals surface area contributed by atoms with Gasteiger partial charge in [-0.25, -0.2) is 0 Å². The summed E-state index contributed by atoms with van der Waals surface area (Å²) in [6.07, 6.45) is 0. The molecule has 11 heavy (non-hydrogen) atoms. The Bertz CT molecular complexity index is 115. The second kappa shape index (κ2) is 4.04. The fraction of sp³-hybridized carbons (Fsp3) is 1.00. The average Bonchev–Trinajstić information content (AvgIpc) is 2.04. The minimum absolute atomic E-state index is 0.240. The van der Waals surface area contributed by atoms with Crippen LogP contribution in [0.25, 0.3) is 0 Å². The van der Waals surface area contributed by atoms with Gasteiger partial charge in [-0.1, -0.05) is 0 Å². The number of hydrogen-bond acceptors (Lipinski definition) is 3. The van der Waals surface area contributed by atoms with E-state index in [1.54, 1.807) is 0 Å². The third-order valence-corrected chi connectivity index (χ3v) is 2.25. The molecule has 0 aromatic rings. The van der Waals surface area contributed by atoms with Crippen LogP contribution in [0.3, 0.4) is 0 Å². The molecule has 1 rings (SSSR count). The lowest BCUT2D eigenvalue weighted by Gasteiger charge is -2.36. The van der Waals surface area contributed by atoms with Crippen LogP contribution in [0.1, 0.15) is 13.8 Å². The number of morpholine rings is 1. The lowest BCUT2D eigenvalue weighted by Crippen LogP contribution is -2.49. The number of nitrogens with zero attached hydrogens (tertiary/aromatic N) is 1. The SMILES string of the molecule is C[C@@H]1COCCN1[C@@H](C)CO.